The van der Waals surface area contributed by atoms with Gasteiger partial charge in [-0.25, -0.2) is 0 Å². The molecule has 1 aromatic carbocycles. The lowest BCUT2D eigenvalue weighted by atomic mass is 9.99. The lowest BCUT2D eigenvalue weighted by molar-refractivity contribution is 0.124. The lowest BCUT2D eigenvalue weighted by Gasteiger charge is -2.21. The molecule has 3 heteroatoms. The van der Waals surface area contributed by atoms with Gasteiger partial charge < -0.3 is 15.7 Å². The first-order chi connectivity index (χ1) is 9.65. The van der Waals surface area contributed by atoms with Gasteiger partial charge in [0.25, 0.3) is 0 Å². The largest absolute Gasteiger partial charge is 0.393 e. The fourth-order valence-electron chi connectivity index (χ4n) is 3.99. The summed E-state index contributed by atoms with van der Waals surface area (Å²) in [6.45, 7) is 5.40. The number of aliphatic hydroxyl groups excluding tert-OH is 1. The Labute approximate surface area is 121 Å². The molecule has 1 saturated carbocycles. The summed E-state index contributed by atoms with van der Waals surface area (Å²) in [6.07, 6.45) is 3.15. The van der Waals surface area contributed by atoms with E-state index in [1.54, 1.807) is 0 Å². The molecule has 1 aliphatic carbocycles. The van der Waals surface area contributed by atoms with Gasteiger partial charge in [0.2, 0.25) is 0 Å². The third-order valence-corrected chi connectivity index (χ3v) is 5.24. The van der Waals surface area contributed by atoms with Crippen molar-refractivity contribution in [2.75, 3.05) is 19.6 Å². The first-order valence-electron chi connectivity index (χ1n) is 7.86. The molecule has 0 spiro atoms. The third-order valence-electron chi connectivity index (χ3n) is 5.24. The van der Waals surface area contributed by atoms with Crippen LogP contribution < -0.4 is 5.73 Å². The van der Waals surface area contributed by atoms with Crippen molar-refractivity contribution in [3.63, 3.8) is 0 Å². The first-order valence-corrected chi connectivity index (χ1v) is 7.86. The van der Waals surface area contributed by atoms with E-state index in [0.717, 1.165) is 38.4 Å². The Hall–Kier alpha value is -0.900. The Balaban J connectivity index is 1.52. The Morgan fingerprint density at radius 2 is 2.10 bits per heavy atom. The van der Waals surface area contributed by atoms with Crippen LogP contribution in [0.2, 0.25) is 0 Å². The van der Waals surface area contributed by atoms with Gasteiger partial charge in [-0.15, -0.1) is 0 Å². The molecule has 1 saturated heterocycles. The molecule has 0 aromatic heterocycles. The van der Waals surface area contributed by atoms with Crippen LogP contribution in [-0.2, 0) is 0 Å². The molecule has 3 nitrogen and oxygen atoms in total. The average Bonchev–Trinajstić information content (AvgIpc) is 2.99. The number of hydrogen-bond acceptors (Lipinski definition) is 3. The third kappa shape index (κ3) is 2.76. The van der Waals surface area contributed by atoms with E-state index in [1.807, 2.05) is 0 Å². The number of fused-ring (bicyclic) bond motifs is 1. The van der Waals surface area contributed by atoms with Crippen molar-refractivity contribution < 1.29 is 5.11 Å². The van der Waals surface area contributed by atoms with Crippen molar-refractivity contribution in [1.82, 2.24) is 4.90 Å². The second-order valence-corrected chi connectivity index (χ2v) is 6.58. The molecule has 20 heavy (non-hydrogen) atoms. The zero-order valence-corrected chi connectivity index (χ0v) is 12.3. The smallest absolute Gasteiger partial charge is 0.0583 e. The number of nitrogens with two attached hydrogens (primary N) is 1. The van der Waals surface area contributed by atoms with Crippen LogP contribution >= 0.6 is 0 Å². The Morgan fingerprint density at radius 3 is 2.85 bits per heavy atom. The molecule has 0 bridgehead atoms. The molecule has 110 valence electrons. The Morgan fingerprint density at radius 1 is 1.30 bits per heavy atom. The van der Waals surface area contributed by atoms with Gasteiger partial charge in [0, 0.05) is 25.0 Å². The maximum Gasteiger partial charge on any atom is 0.0583 e. The molecule has 0 radical (unpaired) electrons. The molecule has 3 rings (SSSR count). The van der Waals surface area contributed by atoms with Crippen molar-refractivity contribution in [2.45, 2.75) is 38.3 Å². The van der Waals surface area contributed by atoms with Crippen LogP contribution in [0.15, 0.2) is 24.3 Å². The van der Waals surface area contributed by atoms with E-state index in [9.17, 15) is 5.11 Å². The highest BCUT2D eigenvalue weighted by molar-refractivity contribution is 5.28. The monoisotopic (exact) mass is 274 g/mol. The van der Waals surface area contributed by atoms with E-state index in [2.05, 4.69) is 36.1 Å². The van der Waals surface area contributed by atoms with Crippen LogP contribution in [0.1, 0.15) is 36.4 Å². The van der Waals surface area contributed by atoms with E-state index >= 15 is 0 Å². The van der Waals surface area contributed by atoms with Gasteiger partial charge in [-0.3, -0.25) is 0 Å². The highest BCUT2D eigenvalue weighted by Gasteiger charge is 2.41. The normalized spacial score (nSPS) is 31.4. The highest BCUT2D eigenvalue weighted by Crippen LogP contribution is 2.38. The fraction of sp³-hybridized carbons (Fsp3) is 0.647. The van der Waals surface area contributed by atoms with Gasteiger partial charge >= 0.3 is 0 Å². The van der Waals surface area contributed by atoms with E-state index < -0.39 is 0 Å². The molecule has 1 aliphatic heterocycles. The second kappa shape index (κ2) is 5.84. The van der Waals surface area contributed by atoms with Crippen molar-refractivity contribution >= 4 is 0 Å². The van der Waals surface area contributed by atoms with Gasteiger partial charge in [-0.05, 0) is 49.8 Å². The molecule has 2 aliphatic rings. The predicted octanol–water partition coefficient (Wildman–Crippen LogP) is 2.09. The molecule has 1 heterocycles. The van der Waals surface area contributed by atoms with Crippen molar-refractivity contribution in [3.05, 3.63) is 35.4 Å². The zero-order valence-electron chi connectivity index (χ0n) is 12.3. The van der Waals surface area contributed by atoms with Crippen molar-refractivity contribution in [3.8, 4) is 0 Å². The Kier molecular flexibility index (Phi) is 4.11. The standard InChI is InChI=1S/C17H26N2O/c1-12-4-2-3-5-14(12)16(18)8-9-19-10-13-6-7-17(20)15(13)11-19/h2-5,13,15-17,20H,6-11,18H2,1H3. The minimum atomic E-state index is -0.0601. The molecule has 1 aromatic rings. The van der Waals surface area contributed by atoms with Crippen LogP contribution in [0, 0.1) is 18.8 Å². The van der Waals surface area contributed by atoms with Crippen molar-refractivity contribution in [1.29, 1.82) is 0 Å². The number of benzene rings is 1. The molecule has 4 atom stereocenters. The van der Waals surface area contributed by atoms with Gasteiger partial charge in [0.05, 0.1) is 6.10 Å². The summed E-state index contributed by atoms with van der Waals surface area (Å²) < 4.78 is 0. The summed E-state index contributed by atoms with van der Waals surface area (Å²) in [5.41, 5.74) is 8.90. The zero-order chi connectivity index (χ0) is 14.1. The van der Waals surface area contributed by atoms with Crippen LogP contribution in [0.25, 0.3) is 0 Å². The van der Waals surface area contributed by atoms with Crippen LogP contribution in [0.4, 0.5) is 0 Å². The second-order valence-electron chi connectivity index (χ2n) is 6.58. The molecular weight excluding hydrogens is 248 g/mol. The number of nitrogens with zero attached hydrogens (tertiary/aromatic N) is 1. The van der Waals surface area contributed by atoms with Gasteiger partial charge in [-0.2, -0.15) is 0 Å². The average molecular weight is 274 g/mol. The maximum absolute atomic E-state index is 9.96. The summed E-state index contributed by atoms with van der Waals surface area (Å²) in [4.78, 5) is 2.50. The molecule has 2 fully saturated rings. The maximum atomic E-state index is 9.96. The lowest BCUT2D eigenvalue weighted by Crippen LogP contribution is -2.28. The molecule has 4 unspecified atom stereocenters. The van der Waals surface area contributed by atoms with E-state index in [1.165, 1.54) is 17.5 Å². The summed E-state index contributed by atoms with van der Waals surface area (Å²) in [7, 11) is 0. The van der Waals surface area contributed by atoms with Crippen LogP contribution in [-0.4, -0.2) is 35.7 Å². The summed E-state index contributed by atoms with van der Waals surface area (Å²) in [5.74, 6) is 1.24. The molecule has 0 amide bonds. The first kappa shape index (κ1) is 14.1. The van der Waals surface area contributed by atoms with Crippen molar-refractivity contribution in [2.24, 2.45) is 17.6 Å². The van der Waals surface area contributed by atoms with Gasteiger partial charge in [-0.1, -0.05) is 24.3 Å². The van der Waals surface area contributed by atoms with E-state index in [-0.39, 0.29) is 12.1 Å². The number of hydrogen-bond donors (Lipinski definition) is 2. The molecule has 3 N–H and O–H groups in total. The van der Waals surface area contributed by atoms with E-state index in [4.69, 9.17) is 5.73 Å². The topological polar surface area (TPSA) is 49.5 Å². The minimum absolute atomic E-state index is 0.0601. The number of aryl methyl sites for hydroxylation is 1. The predicted molar refractivity (Wildman–Crippen MR) is 81.4 cm³/mol. The highest BCUT2D eigenvalue weighted by atomic mass is 16.3. The number of aliphatic hydroxyl groups is 1. The van der Waals surface area contributed by atoms with Crippen LogP contribution in [0.3, 0.4) is 0 Å². The summed E-state index contributed by atoms with van der Waals surface area (Å²) >= 11 is 0. The summed E-state index contributed by atoms with van der Waals surface area (Å²) in [5, 5.41) is 9.96. The minimum Gasteiger partial charge on any atom is -0.393 e. The van der Waals surface area contributed by atoms with Gasteiger partial charge in [0.1, 0.15) is 0 Å². The Bertz CT molecular complexity index is 462. The van der Waals surface area contributed by atoms with Crippen LogP contribution in [0.5, 0.6) is 0 Å². The quantitative estimate of drug-likeness (QED) is 0.884. The van der Waals surface area contributed by atoms with Gasteiger partial charge in [0.15, 0.2) is 0 Å². The fourth-order valence-corrected chi connectivity index (χ4v) is 3.99. The summed E-state index contributed by atoms with van der Waals surface area (Å²) in [6, 6.07) is 8.53. The SMILES string of the molecule is Cc1ccccc1C(N)CCN1CC2CCC(O)C2C1. The van der Waals surface area contributed by atoms with E-state index in [0.29, 0.717) is 5.92 Å². The number of rotatable bonds is 4. The molecular formula is C17H26N2O. The number of likely N-dealkylation sites (tertiary alicyclic amines) is 1.